The largest absolute Gasteiger partial charge is 0.370 e. The fourth-order valence-corrected chi connectivity index (χ4v) is 1.09. The summed E-state index contributed by atoms with van der Waals surface area (Å²) in [6.45, 7) is 1.89. The summed E-state index contributed by atoms with van der Waals surface area (Å²) in [6.07, 6.45) is 0. The van der Waals surface area contributed by atoms with Crippen molar-refractivity contribution in [1.29, 1.82) is 0 Å². The SMILES string of the molecule is Cc1cccc(NC(=O)CN=C(N)N)c1. The Labute approximate surface area is 88.2 Å². The molecule has 0 spiro atoms. The van der Waals surface area contributed by atoms with Gasteiger partial charge in [0.05, 0.1) is 0 Å². The maximum atomic E-state index is 11.3. The maximum Gasteiger partial charge on any atom is 0.246 e. The summed E-state index contributed by atoms with van der Waals surface area (Å²) in [5.74, 6) is -0.330. The lowest BCUT2D eigenvalue weighted by Gasteiger charge is -2.03. The number of amides is 1. The lowest BCUT2D eigenvalue weighted by molar-refractivity contribution is -0.114. The third kappa shape index (κ3) is 4.12. The van der Waals surface area contributed by atoms with Gasteiger partial charge in [-0.3, -0.25) is 4.79 Å². The first-order valence-corrected chi connectivity index (χ1v) is 4.50. The van der Waals surface area contributed by atoms with Crippen LogP contribution in [-0.2, 0) is 4.79 Å². The third-order valence-corrected chi connectivity index (χ3v) is 1.71. The van der Waals surface area contributed by atoms with E-state index in [1.165, 1.54) is 0 Å². The molecule has 0 aliphatic carbocycles. The predicted molar refractivity (Wildman–Crippen MR) is 60.5 cm³/mol. The third-order valence-electron chi connectivity index (χ3n) is 1.71. The molecule has 0 heterocycles. The van der Waals surface area contributed by atoms with Crippen molar-refractivity contribution in [2.75, 3.05) is 11.9 Å². The second kappa shape index (κ2) is 4.99. The number of hydrogen-bond acceptors (Lipinski definition) is 2. The van der Waals surface area contributed by atoms with Crippen LogP contribution in [0.1, 0.15) is 5.56 Å². The van der Waals surface area contributed by atoms with Crippen LogP contribution in [0.5, 0.6) is 0 Å². The Morgan fingerprint density at radius 2 is 2.20 bits per heavy atom. The van der Waals surface area contributed by atoms with Crippen molar-refractivity contribution in [3.05, 3.63) is 29.8 Å². The second-order valence-corrected chi connectivity index (χ2v) is 3.16. The molecule has 5 nitrogen and oxygen atoms in total. The Morgan fingerprint density at radius 1 is 1.47 bits per heavy atom. The van der Waals surface area contributed by atoms with E-state index >= 15 is 0 Å². The molecule has 0 aromatic heterocycles. The molecule has 0 aliphatic heterocycles. The van der Waals surface area contributed by atoms with Crippen LogP contribution in [0.2, 0.25) is 0 Å². The molecule has 0 unspecified atom stereocenters. The summed E-state index contributed by atoms with van der Waals surface area (Å²) in [4.78, 5) is 14.9. The quantitative estimate of drug-likeness (QED) is 0.487. The van der Waals surface area contributed by atoms with Gasteiger partial charge in [0.2, 0.25) is 5.91 Å². The number of carbonyl (C=O) groups is 1. The molecule has 0 bridgehead atoms. The summed E-state index contributed by atoms with van der Waals surface area (Å²) in [7, 11) is 0. The number of benzene rings is 1. The van der Waals surface area contributed by atoms with E-state index in [-0.39, 0.29) is 18.4 Å². The van der Waals surface area contributed by atoms with E-state index < -0.39 is 0 Å². The molecular weight excluding hydrogens is 192 g/mol. The van der Waals surface area contributed by atoms with Crippen LogP contribution in [0.4, 0.5) is 5.69 Å². The number of hydrogen-bond donors (Lipinski definition) is 3. The summed E-state index contributed by atoms with van der Waals surface area (Å²) in [6, 6.07) is 7.49. The standard InChI is InChI=1S/C10H14N4O/c1-7-3-2-4-8(5-7)14-9(15)6-13-10(11)12/h2-5H,6H2,1H3,(H,14,15)(H4,11,12,13). The molecule has 0 aliphatic rings. The Kier molecular flexibility index (Phi) is 3.68. The molecule has 0 atom stereocenters. The van der Waals surface area contributed by atoms with Gasteiger partial charge < -0.3 is 16.8 Å². The van der Waals surface area contributed by atoms with Crippen molar-refractivity contribution in [3.63, 3.8) is 0 Å². The van der Waals surface area contributed by atoms with Crippen molar-refractivity contribution < 1.29 is 4.79 Å². The monoisotopic (exact) mass is 206 g/mol. The highest BCUT2D eigenvalue weighted by atomic mass is 16.1. The van der Waals surface area contributed by atoms with Crippen LogP contribution in [0, 0.1) is 6.92 Å². The van der Waals surface area contributed by atoms with E-state index in [4.69, 9.17) is 11.5 Å². The number of nitrogens with zero attached hydrogens (tertiary/aromatic N) is 1. The van der Waals surface area contributed by atoms with Gasteiger partial charge in [0, 0.05) is 5.69 Å². The van der Waals surface area contributed by atoms with Crippen LogP contribution in [0.15, 0.2) is 29.3 Å². The average molecular weight is 206 g/mol. The summed E-state index contributed by atoms with van der Waals surface area (Å²) in [5.41, 5.74) is 12.0. The van der Waals surface area contributed by atoms with Gasteiger partial charge in [0.1, 0.15) is 6.54 Å². The zero-order valence-electron chi connectivity index (χ0n) is 8.53. The van der Waals surface area contributed by atoms with Gasteiger partial charge in [-0.05, 0) is 24.6 Å². The number of nitrogens with two attached hydrogens (primary N) is 2. The van der Waals surface area contributed by atoms with E-state index in [1.54, 1.807) is 6.07 Å². The zero-order chi connectivity index (χ0) is 11.3. The highest BCUT2D eigenvalue weighted by Crippen LogP contribution is 2.08. The first-order chi connectivity index (χ1) is 7.08. The van der Waals surface area contributed by atoms with E-state index in [2.05, 4.69) is 10.3 Å². The minimum absolute atomic E-state index is 0.0593. The normalized spacial score (nSPS) is 9.40. The summed E-state index contributed by atoms with van der Waals surface area (Å²) < 4.78 is 0. The van der Waals surface area contributed by atoms with Gasteiger partial charge in [-0.1, -0.05) is 12.1 Å². The van der Waals surface area contributed by atoms with E-state index in [9.17, 15) is 4.79 Å². The maximum absolute atomic E-state index is 11.3. The van der Waals surface area contributed by atoms with Crippen molar-refractivity contribution in [3.8, 4) is 0 Å². The molecule has 5 N–H and O–H groups in total. The molecule has 1 amide bonds. The van der Waals surface area contributed by atoms with Gasteiger partial charge in [0.25, 0.3) is 0 Å². The number of nitrogens with one attached hydrogen (secondary N) is 1. The number of guanidine groups is 1. The highest BCUT2D eigenvalue weighted by Gasteiger charge is 2.00. The molecule has 1 aromatic carbocycles. The molecule has 5 heteroatoms. The topological polar surface area (TPSA) is 93.5 Å². The van der Waals surface area contributed by atoms with Crippen molar-refractivity contribution in [2.45, 2.75) is 6.92 Å². The van der Waals surface area contributed by atoms with Gasteiger partial charge in [0.15, 0.2) is 5.96 Å². The van der Waals surface area contributed by atoms with Crippen molar-refractivity contribution in [1.82, 2.24) is 0 Å². The number of aryl methyl sites for hydroxylation is 1. The second-order valence-electron chi connectivity index (χ2n) is 3.16. The zero-order valence-corrected chi connectivity index (χ0v) is 8.53. The summed E-state index contributed by atoms with van der Waals surface area (Å²) in [5, 5.41) is 2.68. The van der Waals surface area contributed by atoms with Crippen LogP contribution in [0.25, 0.3) is 0 Å². The van der Waals surface area contributed by atoms with Gasteiger partial charge in [-0.2, -0.15) is 0 Å². The van der Waals surface area contributed by atoms with Crippen LogP contribution >= 0.6 is 0 Å². The minimum Gasteiger partial charge on any atom is -0.370 e. The molecule has 1 aromatic rings. The number of rotatable bonds is 3. The van der Waals surface area contributed by atoms with E-state index in [0.717, 1.165) is 11.3 Å². The molecule has 1 rings (SSSR count). The Morgan fingerprint density at radius 3 is 2.80 bits per heavy atom. The summed E-state index contributed by atoms with van der Waals surface area (Å²) >= 11 is 0. The highest BCUT2D eigenvalue weighted by molar-refractivity contribution is 5.93. The minimum atomic E-state index is -0.242. The van der Waals surface area contributed by atoms with Gasteiger partial charge in [-0.15, -0.1) is 0 Å². The Hall–Kier alpha value is -2.04. The molecule has 0 saturated carbocycles. The van der Waals surface area contributed by atoms with Crippen LogP contribution < -0.4 is 16.8 Å². The molecule has 80 valence electrons. The van der Waals surface area contributed by atoms with E-state index in [1.807, 2.05) is 25.1 Å². The fourth-order valence-electron chi connectivity index (χ4n) is 1.09. The molecule has 0 fully saturated rings. The average Bonchev–Trinajstić information content (AvgIpc) is 2.15. The first-order valence-electron chi connectivity index (χ1n) is 4.50. The number of carbonyl (C=O) groups excluding carboxylic acids is 1. The van der Waals surface area contributed by atoms with Crippen molar-refractivity contribution >= 4 is 17.6 Å². The molecule has 15 heavy (non-hydrogen) atoms. The van der Waals surface area contributed by atoms with Crippen LogP contribution in [-0.4, -0.2) is 18.4 Å². The van der Waals surface area contributed by atoms with Crippen LogP contribution in [0.3, 0.4) is 0 Å². The molecular formula is C10H14N4O. The number of aliphatic imine (C=N–C) groups is 1. The fraction of sp³-hybridized carbons (Fsp3) is 0.200. The number of anilines is 1. The smallest absolute Gasteiger partial charge is 0.246 e. The predicted octanol–water partition coefficient (Wildman–Crippen LogP) is 0.207. The van der Waals surface area contributed by atoms with Crippen molar-refractivity contribution in [2.24, 2.45) is 16.5 Å². The molecule has 0 radical (unpaired) electrons. The first kappa shape index (κ1) is 11.0. The van der Waals surface area contributed by atoms with E-state index in [0.29, 0.717) is 0 Å². The Bertz CT molecular complexity index is 383. The van der Waals surface area contributed by atoms with Gasteiger partial charge in [-0.25, -0.2) is 4.99 Å². The Balaban J connectivity index is 2.55. The lowest BCUT2D eigenvalue weighted by atomic mass is 10.2. The molecule has 0 saturated heterocycles. The van der Waals surface area contributed by atoms with Gasteiger partial charge >= 0.3 is 0 Å². The lowest BCUT2D eigenvalue weighted by Crippen LogP contribution is -2.25.